The minimum absolute atomic E-state index is 0.0728. The molecule has 23 heavy (non-hydrogen) atoms. The third kappa shape index (κ3) is 2.61. The van der Waals surface area contributed by atoms with Gasteiger partial charge in [-0.25, -0.2) is 0 Å². The maximum absolute atomic E-state index is 12.2. The Morgan fingerprint density at radius 2 is 1.96 bits per heavy atom. The van der Waals surface area contributed by atoms with Crippen molar-refractivity contribution in [3.05, 3.63) is 63.9 Å². The van der Waals surface area contributed by atoms with Gasteiger partial charge in [-0.3, -0.25) is 4.79 Å². The molecular weight excluding hydrogens is 292 g/mol. The first-order chi connectivity index (χ1) is 11.2. The quantitative estimate of drug-likeness (QED) is 0.780. The number of aromatic amines is 1. The van der Waals surface area contributed by atoms with E-state index in [1.807, 2.05) is 49.4 Å². The number of nitrogens with one attached hydrogen (secondary N) is 2. The second-order valence-electron chi connectivity index (χ2n) is 5.64. The molecule has 2 aromatic carbocycles. The number of ether oxygens (including phenoxy) is 2. The fraction of sp³-hybridized carbons (Fsp3) is 0.167. The smallest absolute Gasteiger partial charge is 0.253 e. The van der Waals surface area contributed by atoms with Gasteiger partial charge in [-0.15, -0.1) is 0 Å². The molecule has 0 amide bonds. The highest BCUT2D eigenvalue weighted by molar-refractivity contribution is 5.79. The Morgan fingerprint density at radius 3 is 2.87 bits per heavy atom. The van der Waals surface area contributed by atoms with Crippen LogP contribution >= 0.6 is 0 Å². The monoisotopic (exact) mass is 308 g/mol. The highest BCUT2D eigenvalue weighted by atomic mass is 16.7. The Morgan fingerprint density at radius 1 is 1.09 bits per heavy atom. The molecule has 0 bridgehead atoms. The minimum Gasteiger partial charge on any atom is -0.454 e. The van der Waals surface area contributed by atoms with Gasteiger partial charge in [0.2, 0.25) is 6.79 Å². The molecule has 2 N–H and O–H groups in total. The van der Waals surface area contributed by atoms with E-state index in [4.69, 9.17) is 9.47 Å². The normalized spacial score (nSPS) is 12.6. The zero-order valence-electron chi connectivity index (χ0n) is 12.7. The highest BCUT2D eigenvalue weighted by Crippen LogP contribution is 2.34. The molecule has 0 saturated heterocycles. The first-order valence-corrected chi connectivity index (χ1v) is 7.45. The molecule has 1 aromatic heterocycles. The molecule has 4 rings (SSSR count). The number of anilines is 1. The van der Waals surface area contributed by atoms with Gasteiger partial charge in [0.15, 0.2) is 11.5 Å². The van der Waals surface area contributed by atoms with E-state index in [0.29, 0.717) is 12.1 Å². The first-order valence-electron chi connectivity index (χ1n) is 7.45. The lowest BCUT2D eigenvalue weighted by molar-refractivity contribution is 0.174. The molecule has 0 fully saturated rings. The number of aromatic nitrogens is 1. The summed E-state index contributed by atoms with van der Waals surface area (Å²) in [4.78, 5) is 15.1. The summed E-state index contributed by atoms with van der Waals surface area (Å²) in [5.74, 6) is 1.47. The van der Waals surface area contributed by atoms with E-state index in [1.54, 1.807) is 0 Å². The van der Waals surface area contributed by atoms with Gasteiger partial charge >= 0.3 is 0 Å². The Bertz CT molecular complexity index is 947. The SMILES string of the molecule is Cc1ccc2cc(CNc3ccc4c(c3)OCO4)c(=O)[nH]c2c1. The van der Waals surface area contributed by atoms with Gasteiger partial charge in [0, 0.05) is 29.4 Å². The van der Waals surface area contributed by atoms with Gasteiger partial charge < -0.3 is 19.8 Å². The van der Waals surface area contributed by atoms with Gasteiger partial charge in [0.1, 0.15) is 0 Å². The van der Waals surface area contributed by atoms with Crippen LogP contribution in [0.5, 0.6) is 11.5 Å². The topological polar surface area (TPSA) is 63.4 Å². The second kappa shape index (κ2) is 5.35. The summed E-state index contributed by atoms with van der Waals surface area (Å²) in [6.07, 6.45) is 0. The molecule has 1 aliphatic heterocycles. The van der Waals surface area contributed by atoms with Crippen molar-refractivity contribution in [2.75, 3.05) is 12.1 Å². The van der Waals surface area contributed by atoms with Crippen molar-refractivity contribution in [1.82, 2.24) is 4.98 Å². The van der Waals surface area contributed by atoms with E-state index >= 15 is 0 Å². The van der Waals surface area contributed by atoms with Crippen molar-refractivity contribution in [1.29, 1.82) is 0 Å². The zero-order chi connectivity index (χ0) is 15.8. The van der Waals surface area contributed by atoms with Crippen LogP contribution in [0.4, 0.5) is 5.69 Å². The molecule has 0 spiro atoms. The summed E-state index contributed by atoms with van der Waals surface area (Å²) in [6, 6.07) is 13.6. The first kappa shape index (κ1) is 13.7. The van der Waals surface area contributed by atoms with Gasteiger partial charge in [-0.05, 0) is 42.1 Å². The van der Waals surface area contributed by atoms with Crippen LogP contribution in [0.1, 0.15) is 11.1 Å². The predicted molar refractivity (Wildman–Crippen MR) is 89.2 cm³/mol. The van der Waals surface area contributed by atoms with Crippen LogP contribution in [0.2, 0.25) is 0 Å². The number of hydrogen-bond donors (Lipinski definition) is 2. The Kier molecular flexibility index (Phi) is 3.19. The van der Waals surface area contributed by atoms with Crippen molar-refractivity contribution < 1.29 is 9.47 Å². The van der Waals surface area contributed by atoms with Gasteiger partial charge in [-0.1, -0.05) is 12.1 Å². The van der Waals surface area contributed by atoms with Crippen LogP contribution in [0, 0.1) is 6.92 Å². The van der Waals surface area contributed by atoms with Crippen LogP contribution < -0.4 is 20.3 Å². The number of rotatable bonds is 3. The zero-order valence-corrected chi connectivity index (χ0v) is 12.7. The van der Waals surface area contributed by atoms with Crippen LogP contribution in [-0.4, -0.2) is 11.8 Å². The Balaban J connectivity index is 1.59. The van der Waals surface area contributed by atoms with Crippen LogP contribution in [0.25, 0.3) is 10.9 Å². The van der Waals surface area contributed by atoms with E-state index in [-0.39, 0.29) is 12.4 Å². The highest BCUT2D eigenvalue weighted by Gasteiger charge is 2.13. The molecule has 5 heteroatoms. The van der Waals surface area contributed by atoms with E-state index in [0.717, 1.165) is 33.7 Å². The van der Waals surface area contributed by atoms with E-state index in [2.05, 4.69) is 10.3 Å². The maximum atomic E-state index is 12.2. The predicted octanol–water partition coefficient (Wildman–Crippen LogP) is 3.18. The third-order valence-electron chi connectivity index (χ3n) is 3.93. The van der Waals surface area contributed by atoms with Crippen molar-refractivity contribution in [3.63, 3.8) is 0 Å². The molecule has 3 aromatic rings. The van der Waals surface area contributed by atoms with Crippen LogP contribution in [0.15, 0.2) is 47.3 Å². The summed E-state index contributed by atoms with van der Waals surface area (Å²) >= 11 is 0. The second-order valence-corrected chi connectivity index (χ2v) is 5.64. The molecule has 5 nitrogen and oxygen atoms in total. The van der Waals surface area contributed by atoms with E-state index in [1.165, 1.54) is 0 Å². The summed E-state index contributed by atoms with van der Waals surface area (Å²) < 4.78 is 10.6. The molecule has 116 valence electrons. The van der Waals surface area contributed by atoms with E-state index in [9.17, 15) is 4.79 Å². The molecular formula is C18H16N2O3. The van der Waals surface area contributed by atoms with Crippen LogP contribution in [0.3, 0.4) is 0 Å². The average molecular weight is 308 g/mol. The fourth-order valence-corrected chi connectivity index (χ4v) is 2.70. The fourth-order valence-electron chi connectivity index (χ4n) is 2.70. The lowest BCUT2D eigenvalue weighted by Crippen LogP contribution is -2.15. The molecule has 0 saturated carbocycles. The van der Waals surface area contributed by atoms with Crippen molar-refractivity contribution in [2.45, 2.75) is 13.5 Å². The van der Waals surface area contributed by atoms with Gasteiger partial charge in [-0.2, -0.15) is 0 Å². The molecule has 0 unspecified atom stereocenters. The number of aryl methyl sites for hydroxylation is 1. The number of fused-ring (bicyclic) bond motifs is 2. The third-order valence-corrected chi connectivity index (χ3v) is 3.93. The molecule has 0 radical (unpaired) electrons. The van der Waals surface area contributed by atoms with Crippen molar-refractivity contribution >= 4 is 16.6 Å². The van der Waals surface area contributed by atoms with Crippen molar-refractivity contribution in [3.8, 4) is 11.5 Å². The number of hydrogen-bond acceptors (Lipinski definition) is 4. The lowest BCUT2D eigenvalue weighted by Gasteiger charge is -2.08. The van der Waals surface area contributed by atoms with Gasteiger partial charge in [0.25, 0.3) is 5.56 Å². The van der Waals surface area contributed by atoms with Crippen molar-refractivity contribution in [2.24, 2.45) is 0 Å². The summed E-state index contributed by atoms with van der Waals surface area (Å²) in [5.41, 5.74) is 3.49. The van der Waals surface area contributed by atoms with Crippen LogP contribution in [-0.2, 0) is 6.54 Å². The van der Waals surface area contributed by atoms with Gasteiger partial charge in [0.05, 0.1) is 0 Å². The molecule has 2 heterocycles. The average Bonchev–Trinajstić information content (AvgIpc) is 3.00. The number of pyridine rings is 1. The summed E-state index contributed by atoms with van der Waals surface area (Å²) in [7, 11) is 0. The maximum Gasteiger partial charge on any atom is 0.253 e. The molecule has 0 atom stereocenters. The van der Waals surface area contributed by atoms with E-state index < -0.39 is 0 Å². The summed E-state index contributed by atoms with van der Waals surface area (Å²) in [5, 5.41) is 4.28. The standard InChI is InChI=1S/C18H16N2O3/c1-11-2-3-12-7-13(18(21)20-15(12)6-11)9-19-14-4-5-16-17(8-14)23-10-22-16/h2-8,19H,9-10H2,1H3,(H,20,21). The molecule has 1 aliphatic rings. The lowest BCUT2D eigenvalue weighted by atomic mass is 10.1. The minimum atomic E-state index is -0.0728. The summed E-state index contributed by atoms with van der Waals surface area (Å²) in [6.45, 7) is 2.70. The molecule has 0 aliphatic carbocycles. The number of benzene rings is 2. The largest absolute Gasteiger partial charge is 0.454 e. The Labute approximate surface area is 132 Å². The number of H-pyrrole nitrogens is 1. The Hall–Kier alpha value is -2.95.